The second-order valence-corrected chi connectivity index (χ2v) is 3.97. The molecule has 0 bridgehead atoms. The van der Waals surface area contributed by atoms with Gasteiger partial charge in [0.05, 0.1) is 5.38 Å². The minimum absolute atomic E-state index is 0.460. The van der Waals surface area contributed by atoms with Crippen LogP contribution in [-0.2, 0) is 0 Å². The molecule has 1 atom stereocenters. The molecule has 1 unspecified atom stereocenters. The summed E-state index contributed by atoms with van der Waals surface area (Å²) in [4.78, 5) is 0. The van der Waals surface area contributed by atoms with Gasteiger partial charge in [0.1, 0.15) is 5.82 Å². The largest absolute Gasteiger partial charge is 0.207 e. The van der Waals surface area contributed by atoms with Gasteiger partial charge in [-0.3, -0.25) is 0 Å². The van der Waals surface area contributed by atoms with Crippen molar-refractivity contribution in [1.82, 2.24) is 0 Å². The lowest BCUT2D eigenvalue weighted by Gasteiger charge is -2.12. The van der Waals surface area contributed by atoms with Gasteiger partial charge in [-0.15, -0.1) is 11.6 Å². The smallest absolute Gasteiger partial charge is 0.166 e. The van der Waals surface area contributed by atoms with Gasteiger partial charge in [-0.1, -0.05) is 30.3 Å². The first-order valence-corrected chi connectivity index (χ1v) is 5.37. The van der Waals surface area contributed by atoms with E-state index < -0.39 is 28.4 Å². The maximum atomic E-state index is 13.5. The van der Waals surface area contributed by atoms with Crippen LogP contribution in [0.15, 0.2) is 42.5 Å². The fourth-order valence-corrected chi connectivity index (χ4v) is 1.91. The Hall–Kier alpha value is -1.48. The number of halogens is 4. The fraction of sp³-hybridized carbons (Fsp3) is 0.0769. The third kappa shape index (κ3) is 2.29. The fourth-order valence-electron chi connectivity index (χ4n) is 1.56. The van der Waals surface area contributed by atoms with Gasteiger partial charge in [0, 0.05) is 5.56 Å². The van der Waals surface area contributed by atoms with Crippen LogP contribution in [0.2, 0.25) is 0 Å². The first-order chi connectivity index (χ1) is 8.11. The molecule has 0 amide bonds. The molecule has 0 N–H and O–H groups in total. The van der Waals surface area contributed by atoms with Gasteiger partial charge in [-0.25, -0.2) is 13.2 Å². The first-order valence-electron chi connectivity index (χ1n) is 4.93. The summed E-state index contributed by atoms with van der Waals surface area (Å²) in [5.41, 5.74) is 0.0513. The average Bonchev–Trinajstić information content (AvgIpc) is 2.35. The van der Waals surface area contributed by atoms with E-state index in [2.05, 4.69) is 0 Å². The first kappa shape index (κ1) is 12.0. The molecule has 0 nitrogen and oxygen atoms in total. The van der Waals surface area contributed by atoms with Crippen molar-refractivity contribution >= 4 is 11.6 Å². The monoisotopic (exact) mass is 256 g/mol. The third-order valence-electron chi connectivity index (χ3n) is 2.43. The van der Waals surface area contributed by atoms with E-state index in [-0.39, 0.29) is 0 Å². The number of alkyl halides is 1. The molecule has 0 radical (unpaired) electrons. The summed E-state index contributed by atoms with van der Waals surface area (Å²) in [7, 11) is 0. The summed E-state index contributed by atoms with van der Waals surface area (Å²) in [6.45, 7) is 0. The van der Waals surface area contributed by atoms with Gasteiger partial charge in [-0.05, 0) is 17.7 Å². The van der Waals surface area contributed by atoms with E-state index in [4.69, 9.17) is 11.6 Å². The number of benzene rings is 2. The zero-order valence-electron chi connectivity index (χ0n) is 8.63. The molecule has 0 saturated heterocycles. The van der Waals surface area contributed by atoms with Gasteiger partial charge in [0.25, 0.3) is 0 Å². The Labute approximate surface area is 102 Å². The summed E-state index contributed by atoms with van der Waals surface area (Å²) in [5.74, 6) is -3.20. The molecule has 0 fully saturated rings. The highest BCUT2D eigenvalue weighted by molar-refractivity contribution is 6.22. The quantitative estimate of drug-likeness (QED) is 0.551. The molecule has 17 heavy (non-hydrogen) atoms. The van der Waals surface area contributed by atoms with E-state index in [9.17, 15) is 13.2 Å². The van der Waals surface area contributed by atoms with Crippen molar-refractivity contribution in [2.45, 2.75) is 5.38 Å². The second kappa shape index (κ2) is 4.80. The van der Waals surface area contributed by atoms with E-state index in [1.54, 1.807) is 30.3 Å². The van der Waals surface area contributed by atoms with Gasteiger partial charge in [0.2, 0.25) is 0 Å². The zero-order chi connectivity index (χ0) is 12.4. The van der Waals surface area contributed by atoms with E-state index >= 15 is 0 Å². The highest BCUT2D eigenvalue weighted by Crippen LogP contribution is 2.33. The molecule has 0 aliphatic rings. The molecule has 0 aliphatic carbocycles. The van der Waals surface area contributed by atoms with Crippen LogP contribution in [0.4, 0.5) is 13.2 Å². The van der Waals surface area contributed by atoms with Crippen molar-refractivity contribution in [3.8, 4) is 0 Å². The van der Waals surface area contributed by atoms with Crippen molar-refractivity contribution in [3.63, 3.8) is 0 Å². The van der Waals surface area contributed by atoms with Crippen LogP contribution in [0.1, 0.15) is 16.5 Å². The Bertz CT molecular complexity index is 526. The van der Waals surface area contributed by atoms with Crippen LogP contribution in [0, 0.1) is 17.5 Å². The molecule has 0 spiro atoms. The molecule has 0 saturated carbocycles. The molecule has 2 rings (SSSR count). The van der Waals surface area contributed by atoms with E-state index in [1.807, 2.05) is 0 Å². The molecule has 0 heterocycles. The summed E-state index contributed by atoms with van der Waals surface area (Å²) in [5, 5.41) is -1.05. The Morgan fingerprint density at radius 2 is 1.41 bits per heavy atom. The van der Waals surface area contributed by atoms with Crippen molar-refractivity contribution < 1.29 is 13.2 Å². The lowest BCUT2D eigenvalue weighted by molar-refractivity contribution is 0.481. The molecule has 88 valence electrons. The molecule has 4 heteroatoms. The number of hydrogen-bond donors (Lipinski definition) is 0. The van der Waals surface area contributed by atoms with Crippen molar-refractivity contribution in [3.05, 3.63) is 71.0 Å². The Balaban J connectivity index is 2.51. The van der Waals surface area contributed by atoms with Gasteiger partial charge in [-0.2, -0.15) is 0 Å². The Kier molecular flexibility index (Phi) is 3.38. The van der Waals surface area contributed by atoms with Gasteiger partial charge < -0.3 is 0 Å². The zero-order valence-corrected chi connectivity index (χ0v) is 9.39. The van der Waals surface area contributed by atoms with Crippen LogP contribution in [0.3, 0.4) is 0 Å². The predicted molar refractivity (Wildman–Crippen MR) is 60.5 cm³/mol. The topological polar surface area (TPSA) is 0 Å². The lowest BCUT2D eigenvalue weighted by atomic mass is 10.0. The minimum atomic E-state index is -1.24. The summed E-state index contributed by atoms with van der Waals surface area (Å²) >= 11 is 5.97. The van der Waals surface area contributed by atoms with E-state index in [0.29, 0.717) is 5.56 Å². The predicted octanol–water partition coefficient (Wildman–Crippen LogP) is 4.43. The van der Waals surface area contributed by atoms with E-state index in [0.717, 1.165) is 12.1 Å². The Morgan fingerprint density at radius 1 is 0.824 bits per heavy atom. The third-order valence-corrected chi connectivity index (χ3v) is 2.90. The van der Waals surface area contributed by atoms with Crippen LogP contribution in [0.25, 0.3) is 0 Å². The van der Waals surface area contributed by atoms with Crippen LogP contribution in [0.5, 0.6) is 0 Å². The van der Waals surface area contributed by atoms with Gasteiger partial charge >= 0.3 is 0 Å². The summed E-state index contributed by atoms with van der Waals surface area (Å²) in [6, 6.07) is 10.0. The molecule has 2 aromatic rings. The van der Waals surface area contributed by atoms with Crippen LogP contribution in [-0.4, -0.2) is 0 Å². The van der Waals surface area contributed by atoms with Crippen molar-refractivity contribution in [2.24, 2.45) is 0 Å². The molecular weight excluding hydrogens is 249 g/mol. The maximum absolute atomic E-state index is 13.5. The van der Waals surface area contributed by atoms with Crippen molar-refractivity contribution in [2.75, 3.05) is 0 Å². The maximum Gasteiger partial charge on any atom is 0.166 e. The summed E-state index contributed by atoms with van der Waals surface area (Å²) in [6.07, 6.45) is 0. The highest BCUT2D eigenvalue weighted by atomic mass is 35.5. The molecular formula is C13H8ClF3. The number of hydrogen-bond acceptors (Lipinski definition) is 0. The van der Waals surface area contributed by atoms with E-state index in [1.165, 1.54) is 0 Å². The lowest BCUT2D eigenvalue weighted by Crippen LogP contribution is -2.03. The summed E-state index contributed by atoms with van der Waals surface area (Å²) < 4.78 is 40.0. The Morgan fingerprint density at radius 3 is 2.06 bits per heavy atom. The molecule has 2 aromatic carbocycles. The molecule has 0 aromatic heterocycles. The second-order valence-electron chi connectivity index (χ2n) is 3.53. The highest BCUT2D eigenvalue weighted by Gasteiger charge is 2.22. The van der Waals surface area contributed by atoms with Gasteiger partial charge in [0.15, 0.2) is 11.6 Å². The SMILES string of the molecule is Fc1ccc(F)c(C(Cl)c2ccccc2)c1F. The standard InChI is InChI=1S/C13H8ClF3/c14-12(8-4-2-1-3-5-8)11-9(15)6-7-10(16)13(11)17/h1-7,12H. The number of rotatable bonds is 2. The average molecular weight is 257 g/mol. The normalized spacial score (nSPS) is 12.5. The minimum Gasteiger partial charge on any atom is -0.207 e. The molecule has 0 aliphatic heterocycles. The van der Waals surface area contributed by atoms with Crippen LogP contribution < -0.4 is 0 Å². The van der Waals surface area contributed by atoms with Crippen molar-refractivity contribution in [1.29, 1.82) is 0 Å². The van der Waals surface area contributed by atoms with Crippen LogP contribution >= 0.6 is 11.6 Å².